The summed E-state index contributed by atoms with van der Waals surface area (Å²) in [5.41, 5.74) is -0.822. The van der Waals surface area contributed by atoms with Gasteiger partial charge in [0.05, 0.1) is 15.5 Å². The van der Waals surface area contributed by atoms with Gasteiger partial charge >= 0.3 is 0 Å². The summed E-state index contributed by atoms with van der Waals surface area (Å²) in [6, 6.07) is 6.48. The van der Waals surface area contributed by atoms with Gasteiger partial charge in [-0.25, -0.2) is 21.9 Å². The van der Waals surface area contributed by atoms with E-state index in [1.54, 1.807) is 6.92 Å². The minimum absolute atomic E-state index is 0.152. The zero-order valence-electron chi connectivity index (χ0n) is 14.4. The Balaban J connectivity index is 1.86. The second kappa shape index (κ2) is 7.18. The molecule has 1 saturated carbocycles. The van der Waals surface area contributed by atoms with Crippen LogP contribution in [0.2, 0.25) is 5.02 Å². The topological polar surface area (TPSA) is 75.3 Å². The van der Waals surface area contributed by atoms with Crippen LogP contribution in [0.1, 0.15) is 36.5 Å². The minimum Gasteiger partial charge on any atom is -0.322 e. The number of halogens is 3. The van der Waals surface area contributed by atoms with Crippen molar-refractivity contribution >= 4 is 33.2 Å². The molecular formula is C18H17ClF2N2O3S. The van der Waals surface area contributed by atoms with Gasteiger partial charge in [-0.1, -0.05) is 11.6 Å². The molecule has 0 atom stereocenters. The highest BCUT2D eigenvalue weighted by Crippen LogP contribution is 2.32. The van der Waals surface area contributed by atoms with Crippen LogP contribution in [-0.2, 0) is 10.0 Å². The molecule has 144 valence electrons. The average molecular weight is 415 g/mol. The van der Waals surface area contributed by atoms with E-state index in [2.05, 4.69) is 10.0 Å². The molecule has 2 aromatic carbocycles. The summed E-state index contributed by atoms with van der Waals surface area (Å²) >= 11 is 5.65. The second-order valence-electron chi connectivity index (χ2n) is 6.74. The lowest BCUT2D eigenvalue weighted by molar-refractivity contribution is 0.102. The molecule has 9 heteroatoms. The van der Waals surface area contributed by atoms with Crippen molar-refractivity contribution in [2.75, 3.05) is 5.32 Å². The quantitative estimate of drug-likeness (QED) is 0.773. The van der Waals surface area contributed by atoms with Gasteiger partial charge in [0.1, 0.15) is 11.6 Å². The summed E-state index contributed by atoms with van der Waals surface area (Å²) in [6.45, 7) is 1.80. The lowest BCUT2D eigenvalue weighted by Gasteiger charge is -2.38. The Labute approximate surface area is 160 Å². The SMILES string of the molecule is CC1(NS(=O)(=O)c2ccc(F)c(C(=O)Nc3ccc(F)c(Cl)c3)c2)CCC1. The number of hydrogen-bond donors (Lipinski definition) is 2. The molecule has 1 fully saturated rings. The van der Waals surface area contributed by atoms with Gasteiger partial charge in [-0.15, -0.1) is 0 Å². The highest BCUT2D eigenvalue weighted by molar-refractivity contribution is 7.89. The summed E-state index contributed by atoms with van der Waals surface area (Å²) < 4.78 is 55.0. The number of nitrogens with one attached hydrogen (secondary N) is 2. The smallest absolute Gasteiger partial charge is 0.258 e. The summed E-state index contributed by atoms with van der Waals surface area (Å²) in [5, 5.41) is 2.17. The Morgan fingerprint density at radius 2 is 1.78 bits per heavy atom. The molecule has 2 N–H and O–H groups in total. The van der Waals surface area contributed by atoms with Crippen molar-refractivity contribution in [1.82, 2.24) is 4.72 Å². The third kappa shape index (κ3) is 4.28. The van der Waals surface area contributed by atoms with Crippen molar-refractivity contribution in [3.63, 3.8) is 0 Å². The normalized spacial score (nSPS) is 15.9. The fourth-order valence-electron chi connectivity index (χ4n) is 2.81. The molecule has 0 bridgehead atoms. The Bertz CT molecular complexity index is 1010. The van der Waals surface area contributed by atoms with Crippen molar-refractivity contribution in [2.24, 2.45) is 0 Å². The Morgan fingerprint density at radius 3 is 2.37 bits per heavy atom. The van der Waals surface area contributed by atoms with E-state index in [0.717, 1.165) is 30.7 Å². The molecule has 3 rings (SSSR count). The van der Waals surface area contributed by atoms with Crippen LogP contribution >= 0.6 is 11.6 Å². The van der Waals surface area contributed by atoms with Crippen LogP contribution in [0.15, 0.2) is 41.3 Å². The van der Waals surface area contributed by atoms with E-state index in [0.29, 0.717) is 12.8 Å². The van der Waals surface area contributed by atoms with Crippen LogP contribution in [0.4, 0.5) is 14.5 Å². The molecular weight excluding hydrogens is 398 g/mol. The fourth-order valence-corrected chi connectivity index (χ4v) is 4.48. The largest absolute Gasteiger partial charge is 0.322 e. The molecule has 0 aliphatic heterocycles. The fraction of sp³-hybridized carbons (Fsp3) is 0.278. The Hall–Kier alpha value is -2.03. The molecule has 0 spiro atoms. The monoisotopic (exact) mass is 414 g/mol. The van der Waals surface area contributed by atoms with E-state index >= 15 is 0 Å². The number of benzene rings is 2. The van der Waals surface area contributed by atoms with Crippen molar-refractivity contribution in [3.05, 3.63) is 58.6 Å². The number of rotatable bonds is 5. The lowest BCUT2D eigenvalue weighted by atomic mass is 9.80. The Morgan fingerprint density at radius 1 is 1.11 bits per heavy atom. The van der Waals surface area contributed by atoms with E-state index < -0.39 is 38.7 Å². The summed E-state index contributed by atoms with van der Waals surface area (Å²) in [5.74, 6) is -2.42. The first-order valence-corrected chi connectivity index (χ1v) is 10.1. The number of anilines is 1. The van der Waals surface area contributed by atoms with E-state index in [-0.39, 0.29) is 15.6 Å². The van der Waals surface area contributed by atoms with Gasteiger partial charge in [0, 0.05) is 11.2 Å². The maximum atomic E-state index is 14.1. The molecule has 0 unspecified atom stereocenters. The third-order valence-electron chi connectivity index (χ3n) is 4.51. The zero-order chi connectivity index (χ0) is 19.8. The molecule has 27 heavy (non-hydrogen) atoms. The molecule has 2 aromatic rings. The van der Waals surface area contributed by atoms with Gasteiger partial charge in [-0.2, -0.15) is 0 Å². The zero-order valence-corrected chi connectivity index (χ0v) is 15.9. The van der Waals surface area contributed by atoms with Crippen molar-refractivity contribution in [1.29, 1.82) is 0 Å². The van der Waals surface area contributed by atoms with Crippen LogP contribution < -0.4 is 10.0 Å². The number of hydrogen-bond acceptors (Lipinski definition) is 3. The first-order chi connectivity index (χ1) is 12.6. The summed E-state index contributed by atoms with van der Waals surface area (Å²) in [4.78, 5) is 12.2. The molecule has 0 aromatic heterocycles. The van der Waals surface area contributed by atoms with Crippen LogP contribution in [0.25, 0.3) is 0 Å². The minimum atomic E-state index is -3.90. The van der Waals surface area contributed by atoms with Gasteiger partial charge in [-0.05, 0) is 62.6 Å². The van der Waals surface area contributed by atoms with E-state index in [9.17, 15) is 22.0 Å². The van der Waals surface area contributed by atoms with E-state index in [1.165, 1.54) is 12.1 Å². The van der Waals surface area contributed by atoms with E-state index in [4.69, 9.17) is 11.6 Å². The average Bonchev–Trinajstić information content (AvgIpc) is 2.56. The highest BCUT2D eigenvalue weighted by Gasteiger charge is 2.36. The van der Waals surface area contributed by atoms with Gasteiger partial charge in [-0.3, -0.25) is 4.79 Å². The lowest BCUT2D eigenvalue weighted by Crippen LogP contribution is -2.50. The molecule has 1 aliphatic rings. The van der Waals surface area contributed by atoms with Gasteiger partial charge in [0.25, 0.3) is 5.91 Å². The molecule has 0 heterocycles. The molecule has 0 saturated heterocycles. The number of sulfonamides is 1. The highest BCUT2D eigenvalue weighted by atomic mass is 35.5. The predicted molar refractivity (Wildman–Crippen MR) is 98.3 cm³/mol. The van der Waals surface area contributed by atoms with E-state index in [1.807, 2.05) is 0 Å². The maximum absolute atomic E-state index is 14.1. The molecule has 1 amide bonds. The first kappa shape index (κ1) is 19.7. The second-order valence-corrected chi connectivity index (χ2v) is 8.83. The van der Waals surface area contributed by atoms with Gasteiger partial charge in [0.2, 0.25) is 10.0 Å². The summed E-state index contributed by atoms with van der Waals surface area (Å²) in [6.07, 6.45) is 2.36. The number of carbonyl (C=O) groups is 1. The molecule has 0 radical (unpaired) electrons. The van der Waals surface area contributed by atoms with Crippen molar-refractivity contribution < 1.29 is 22.0 Å². The molecule has 5 nitrogen and oxygen atoms in total. The number of amides is 1. The van der Waals surface area contributed by atoms with Crippen LogP contribution in [0, 0.1) is 11.6 Å². The first-order valence-electron chi connectivity index (χ1n) is 8.20. The van der Waals surface area contributed by atoms with Crippen molar-refractivity contribution in [3.8, 4) is 0 Å². The van der Waals surface area contributed by atoms with Gasteiger partial charge < -0.3 is 5.32 Å². The third-order valence-corrected chi connectivity index (χ3v) is 6.43. The Kier molecular flexibility index (Phi) is 5.24. The van der Waals surface area contributed by atoms with Crippen LogP contribution in [-0.4, -0.2) is 19.9 Å². The summed E-state index contributed by atoms with van der Waals surface area (Å²) in [7, 11) is -3.90. The number of carbonyl (C=O) groups excluding carboxylic acids is 1. The molecule has 1 aliphatic carbocycles. The van der Waals surface area contributed by atoms with Crippen molar-refractivity contribution in [2.45, 2.75) is 36.6 Å². The predicted octanol–water partition coefficient (Wildman–Crippen LogP) is 4.09. The van der Waals surface area contributed by atoms with Crippen LogP contribution in [0.3, 0.4) is 0 Å². The standard InChI is InChI=1S/C18H17ClF2N2O3S/c1-18(7-2-8-18)23-27(25,26)12-4-6-15(20)13(10-12)17(24)22-11-3-5-16(21)14(19)9-11/h3-6,9-10,23H,2,7-8H2,1H3,(H,22,24). The van der Waals surface area contributed by atoms with Gasteiger partial charge in [0.15, 0.2) is 0 Å². The van der Waals surface area contributed by atoms with Crippen LogP contribution in [0.5, 0.6) is 0 Å². The maximum Gasteiger partial charge on any atom is 0.258 e.